The minimum atomic E-state index is 1.21. The van der Waals surface area contributed by atoms with E-state index in [4.69, 9.17) is 15.6 Å². The van der Waals surface area contributed by atoms with Gasteiger partial charge in [0, 0.05) is 0 Å². The molecule has 1 aliphatic rings. The molecule has 0 atom stereocenters. The Morgan fingerprint density at radius 1 is 1.50 bits per heavy atom. The molecule has 0 bridgehead atoms. The summed E-state index contributed by atoms with van der Waals surface area (Å²) in [5, 5.41) is 0. The average Bonchev–Trinajstić information content (AvgIpc) is 1.75. The van der Waals surface area contributed by atoms with Crippen LogP contribution in [0.4, 0.5) is 0 Å². The standard InChI is InChI=1S/C3H4.Cu/c1-2-3-1;/h1-2H2;. The van der Waals surface area contributed by atoms with Gasteiger partial charge in [0.05, 0.1) is 0 Å². The van der Waals surface area contributed by atoms with E-state index < -0.39 is 0 Å². The van der Waals surface area contributed by atoms with Crippen LogP contribution in [0.15, 0.2) is 0 Å². The molecule has 0 nitrogen and oxygen atoms in total. The minimum absolute atomic E-state index is 1.21. The van der Waals surface area contributed by atoms with Gasteiger partial charge < -0.3 is 0 Å². The fourth-order valence-corrected chi connectivity index (χ4v) is 0.155. The summed E-state index contributed by atoms with van der Waals surface area (Å²) in [5.41, 5.74) is 0. The summed E-state index contributed by atoms with van der Waals surface area (Å²) in [4.78, 5) is 0. The Labute approximate surface area is 33.6 Å². The fourth-order valence-electron chi connectivity index (χ4n) is 0.0377. The van der Waals surface area contributed by atoms with Crippen LogP contribution in [0.5, 0.6) is 0 Å². The van der Waals surface area contributed by atoms with Crippen LogP contribution < -0.4 is 0 Å². The van der Waals surface area contributed by atoms with Crippen molar-refractivity contribution >= 4 is 4.42 Å². The van der Waals surface area contributed by atoms with E-state index in [2.05, 4.69) is 0 Å². The third kappa shape index (κ3) is 0.402. The normalized spacial score (nSPS) is 22.0. The molecule has 0 radical (unpaired) electrons. The second-order valence-corrected chi connectivity index (χ2v) is 1.63. The number of hydrogen-bond acceptors (Lipinski definition) is 0. The zero-order chi connectivity index (χ0) is 2.99. The van der Waals surface area contributed by atoms with Crippen molar-refractivity contribution < 1.29 is 15.6 Å². The van der Waals surface area contributed by atoms with Crippen molar-refractivity contribution in [3.05, 3.63) is 0 Å². The van der Waals surface area contributed by atoms with E-state index in [1.807, 2.05) is 0 Å². The maximum absolute atomic E-state index is 4.77. The van der Waals surface area contributed by atoms with Crippen LogP contribution in [0.25, 0.3) is 0 Å². The van der Waals surface area contributed by atoms with Crippen molar-refractivity contribution in [3.8, 4) is 0 Å². The summed E-state index contributed by atoms with van der Waals surface area (Å²) in [6.07, 6.45) is 2.42. The van der Waals surface area contributed by atoms with Crippen LogP contribution in [-0.4, -0.2) is 4.42 Å². The molecule has 0 saturated heterocycles. The van der Waals surface area contributed by atoms with E-state index in [-0.39, 0.29) is 0 Å². The SMILES string of the molecule is [Cu]=[C]1CC1. The van der Waals surface area contributed by atoms with E-state index in [0.717, 1.165) is 0 Å². The van der Waals surface area contributed by atoms with E-state index in [1.54, 1.807) is 0 Å². The van der Waals surface area contributed by atoms with E-state index in [0.29, 0.717) is 0 Å². The molecular weight excluding hydrogens is 99.6 g/mol. The summed E-state index contributed by atoms with van der Waals surface area (Å²) >= 11 is 4.77. The Morgan fingerprint density at radius 3 is 1.75 bits per heavy atom. The van der Waals surface area contributed by atoms with Gasteiger partial charge in [-0.05, 0) is 0 Å². The van der Waals surface area contributed by atoms with Crippen LogP contribution in [0.3, 0.4) is 0 Å². The summed E-state index contributed by atoms with van der Waals surface area (Å²) in [7, 11) is 0. The predicted octanol–water partition coefficient (Wildman–Crippen LogP) is 0.499. The van der Waals surface area contributed by atoms with Crippen molar-refractivity contribution in [1.82, 2.24) is 0 Å². The molecule has 1 saturated carbocycles. The van der Waals surface area contributed by atoms with Crippen LogP contribution in [0, 0.1) is 0 Å². The quantitative estimate of drug-likeness (QED) is 0.392. The van der Waals surface area contributed by atoms with Gasteiger partial charge in [0.15, 0.2) is 0 Å². The fraction of sp³-hybridized carbons (Fsp3) is 0.667. The summed E-state index contributed by atoms with van der Waals surface area (Å²) < 4.78 is 1.23. The van der Waals surface area contributed by atoms with Gasteiger partial charge >= 0.3 is 32.8 Å². The van der Waals surface area contributed by atoms with Crippen LogP contribution >= 0.6 is 0 Å². The monoisotopic (exact) mass is 103 g/mol. The predicted molar refractivity (Wildman–Crippen MR) is 14.2 cm³/mol. The first kappa shape index (κ1) is 2.62. The van der Waals surface area contributed by atoms with E-state index >= 15 is 0 Å². The molecule has 1 heteroatoms. The molecule has 0 aromatic rings. The molecule has 0 aliphatic heterocycles. The molecule has 0 N–H and O–H groups in total. The molecule has 1 fully saturated rings. The van der Waals surface area contributed by atoms with Crippen molar-refractivity contribution in [3.63, 3.8) is 0 Å². The molecule has 1 rings (SSSR count). The Kier molecular flexibility index (Phi) is 0.436. The van der Waals surface area contributed by atoms with Gasteiger partial charge in [0.1, 0.15) is 0 Å². The van der Waals surface area contributed by atoms with Gasteiger partial charge in [0.2, 0.25) is 0 Å². The second kappa shape index (κ2) is 0.666. The Hall–Kier alpha value is 0.389. The van der Waals surface area contributed by atoms with Gasteiger partial charge in [-0.3, -0.25) is 0 Å². The third-order valence-electron chi connectivity index (χ3n) is 0.401. The van der Waals surface area contributed by atoms with E-state index in [1.165, 1.54) is 17.3 Å². The van der Waals surface area contributed by atoms with Gasteiger partial charge in [-0.1, -0.05) is 0 Å². The maximum atomic E-state index is 4.77. The number of rotatable bonds is 0. The topological polar surface area (TPSA) is 0 Å². The molecule has 0 heterocycles. The Morgan fingerprint density at radius 2 is 1.75 bits per heavy atom. The number of hydrogen-bond donors (Lipinski definition) is 0. The van der Waals surface area contributed by atoms with Crippen molar-refractivity contribution in [2.75, 3.05) is 0 Å². The van der Waals surface area contributed by atoms with Crippen molar-refractivity contribution in [1.29, 1.82) is 0 Å². The third-order valence-corrected chi connectivity index (χ3v) is 0.872. The average molecular weight is 104 g/mol. The van der Waals surface area contributed by atoms with Crippen LogP contribution in [0.1, 0.15) is 12.8 Å². The first-order valence-corrected chi connectivity index (χ1v) is 1.83. The van der Waals surface area contributed by atoms with E-state index in [9.17, 15) is 0 Å². The molecular formula is C3H4Cu. The Bertz CT molecular complexity index is 41.2. The molecule has 0 amide bonds. The molecule has 0 spiro atoms. The molecule has 4 heavy (non-hydrogen) atoms. The van der Waals surface area contributed by atoms with Gasteiger partial charge in [-0.15, -0.1) is 0 Å². The second-order valence-electron chi connectivity index (χ2n) is 0.963. The van der Waals surface area contributed by atoms with Crippen LogP contribution in [0.2, 0.25) is 0 Å². The first-order valence-electron chi connectivity index (χ1n) is 1.36. The van der Waals surface area contributed by atoms with Gasteiger partial charge in [-0.25, -0.2) is 0 Å². The first-order chi connectivity index (χ1) is 1.89. The molecule has 27 valence electrons. The summed E-state index contributed by atoms with van der Waals surface area (Å²) in [5.74, 6) is 0. The summed E-state index contributed by atoms with van der Waals surface area (Å²) in [6.45, 7) is 0. The summed E-state index contributed by atoms with van der Waals surface area (Å²) in [6, 6.07) is 0. The van der Waals surface area contributed by atoms with Crippen molar-refractivity contribution in [2.45, 2.75) is 12.8 Å². The molecule has 1 aliphatic carbocycles. The zero-order valence-corrected chi connectivity index (χ0v) is 3.16. The van der Waals surface area contributed by atoms with Crippen molar-refractivity contribution in [2.24, 2.45) is 0 Å². The molecule has 0 unspecified atom stereocenters. The van der Waals surface area contributed by atoms with Gasteiger partial charge in [-0.2, -0.15) is 0 Å². The van der Waals surface area contributed by atoms with Crippen LogP contribution in [-0.2, 0) is 15.6 Å². The molecule has 0 aromatic heterocycles. The Balaban J connectivity index is 2.60. The molecule has 0 aromatic carbocycles. The zero-order valence-electron chi connectivity index (χ0n) is 2.22. The van der Waals surface area contributed by atoms with Gasteiger partial charge in [0.25, 0.3) is 0 Å².